The normalized spacial score (nSPS) is 33.6. The Bertz CT molecular complexity index is 98.9. The fourth-order valence-electron chi connectivity index (χ4n) is 2.01. The Kier molecular flexibility index (Phi) is 2.72. The van der Waals surface area contributed by atoms with E-state index in [2.05, 4.69) is 13.8 Å². The molecule has 0 bridgehead atoms. The Morgan fingerprint density at radius 2 is 2.00 bits per heavy atom. The monoisotopic (exact) mass is 142 g/mol. The summed E-state index contributed by atoms with van der Waals surface area (Å²) in [5.41, 5.74) is 0. The molecule has 0 radical (unpaired) electrons. The molecule has 60 valence electrons. The highest BCUT2D eigenvalue weighted by Crippen LogP contribution is 2.32. The van der Waals surface area contributed by atoms with Gasteiger partial charge in [-0.25, -0.2) is 0 Å². The lowest BCUT2D eigenvalue weighted by molar-refractivity contribution is 0.0541. The first kappa shape index (κ1) is 8.06. The van der Waals surface area contributed by atoms with E-state index in [-0.39, 0.29) is 0 Å². The fourth-order valence-corrected chi connectivity index (χ4v) is 2.01. The molecule has 1 nitrogen and oxygen atoms in total. The van der Waals surface area contributed by atoms with E-state index >= 15 is 0 Å². The van der Waals surface area contributed by atoms with Gasteiger partial charge in [-0.3, -0.25) is 0 Å². The average Bonchev–Trinajstić information content (AvgIpc) is 2.33. The minimum atomic E-state index is 0.556. The van der Waals surface area contributed by atoms with Crippen LogP contribution in [0.15, 0.2) is 0 Å². The molecule has 0 aliphatic heterocycles. The molecule has 1 rings (SSSR count). The first-order valence-corrected chi connectivity index (χ1v) is 4.28. The molecule has 0 saturated heterocycles. The summed E-state index contributed by atoms with van der Waals surface area (Å²) in [6, 6.07) is 0. The van der Waals surface area contributed by atoms with Crippen LogP contribution in [-0.2, 0) is 4.74 Å². The van der Waals surface area contributed by atoms with E-state index in [1.165, 1.54) is 19.3 Å². The summed E-state index contributed by atoms with van der Waals surface area (Å²) in [5.74, 6) is 1.62. The van der Waals surface area contributed by atoms with Gasteiger partial charge in [0.15, 0.2) is 0 Å². The number of methoxy groups -OCH3 is 1. The molecule has 0 spiro atoms. The third-order valence-corrected chi connectivity index (χ3v) is 2.66. The Hall–Kier alpha value is -0.0400. The van der Waals surface area contributed by atoms with Crippen LogP contribution in [-0.4, -0.2) is 13.2 Å². The van der Waals surface area contributed by atoms with Crippen molar-refractivity contribution in [3.8, 4) is 0 Å². The van der Waals surface area contributed by atoms with Gasteiger partial charge in [-0.2, -0.15) is 0 Å². The molecular weight excluding hydrogens is 124 g/mol. The van der Waals surface area contributed by atoms with E-state index in [1.54, 1.807) is 0 Å². The van der Waals surface area contributed by atoms with Crippen LogP contribution in [0.3, 0.4) is 0 Å². The number of rotatable bonds is 2. The number of ether oxygens (including phenoxy) is 1. The highest BCUT2D eigenvalue weighted by atomic mass is 16.5. The largest absolute Gasteiger partial charge is 0.381 e. The van der Waals surface area contributed by atoms with Crippen molar-refractivity contribution in [2.45, 2.75) is 39.2 Å². The fraction of sp³-hybridized carbons (Fsp3) is 1.00. The van der Waals surface area contributed by atoms with Crippen LogP contribution in [0.1, 0.15) is 33.1 Å². The SMILES string of the molecule is CO[C@@H]1CCC[C@@H]1C(C)C. The minimum Gasteiger partial charge on any atom is -0.381 e. The van der Waals surface area contributed by atoms with Gasteiger partial charge in [0, 0.05) is 7.11 Å². The second kappa shape index (κ2) is 3.38. The minimum absolute atomic E-state index is 0.556. The van der Waals surface area contributed by atoms with Gasteiger partial charge in [-0.1, -0.05) is 20.3 Å². The van der Waals surface area contributed by atoms with Crippen molar-refractivity contribution >= 4 is 0 Å². The molecular formula is C9H18O. The van der Waals surface area contributed by atoms with E-state index < -0.39 is 0 Å². The zero-order chi connectivity index (χ0) is 7.56. The lowest BCUT2D eigenvalue weighted by Crippen LogP contribution is -2.20. The summed E-state index contributed by atoms with van der Waals surface area (Å²) >= 11 is 0. The topological polar surface area (TPSA) is 9.23 Å². The Morgan fingerprint density at radius 1 is 1.30 bits per heavy atom. The standard InChI is InChI=1S/C9H18O/c1-7(2)8-5-4-6-9(8)10-3/h7-9H,4-6H2,1-3H3/t8-,9-/m1/s1. The van der Waals surface area contributed by atoms with Crippen molar-refractivity contribution in [3.05, 3.63) is 0 Å². The van der Waals surface area contributed by atoms with Crippen LogP contribution < -0.4 is 0 Å². The lowest BCUT2D eigenvalue weighted by Gasteiger charge is -2.21. The maximum absolute atomic E-state index is 5.39. The summed E-state index contributed by atoms with van der Waals surface area (Å²) in [4.78, 5) is 0. The second-order valence-electron chi connectivity index (χ2n) is 3.61. The van der Waals surface area contributed by atoms with Crippen LogP contribution in [0.4, 0.5) is 0 Å². The predicted octanol–water partition coefficient (Wildman–Crippen LogP) is 2.46. The van der Waals surface area contributed by atoms with Crippen molar-refractivity contribution in [2.24, 2.45) is 11.8 Å². The van der Waals surface area contributed by atoms with Crippen LogP contribution in [0.2, 0.25) is 0 Å². The van der Waals surface area contributed by atoms with Crippen LogP contribution >= 0.6 is 0 Å². The van der Waals surface area contributed by atoms with Gasteiger partial charge in [0.1, 0.15) is 0 Å². The van der Waals surface area contributed by atoms with Crippen LogP contribution in [0.5, 0.6) is 0 Å². The molecule has 0 unspecified atom stereocenters. The van der Waals surface area contributed by atoms with Gasteiger partial charge in [-0.15, -0.1) is 0 Å². The van der Waals surface area contributed by atoms with Crippen LogP contribution in [0, 0.1) is 11.8 Å². The summed E-state index contributed by atoms with van der Waals surface area (Å²) < 4.78 is 5.39. The summed E-state index contributed by atoms with van der Waals surface area (Å²) in [6.45, 7) is 4.59. The molecule has 10 heavy (non-hydrogen) atoms. The van der Waals surface area contributed by atoms with E-state index in [0.717, 1.165) is 11.8 Å². The third kappa shape index (κ3) is 1.51. The highest BCUT2D eigenvalue weighted by Gasteiger charge is 2.28. The predicted molar refractivity (Wildman–Crippen MR) is 43.0 cm³/mol. The number of hydrogen-bond donors (Lipinski definition) is 0. The molecule has 0 aromatic rings. The van der Waals surface area contributed by atoms with Crippen molar-refractivity contribution in [3.63, 3.8) is 0 Å². The molecule has 0 aromatic carbocycles. The summed E-state index contributed by atoms with van der Waals surface area (Å²) in [6.07, 6.45) is 4.57. The van der Waals surface area contributed by atoms with Gasteiger partial charge in [0.05, 0.1) is 6.10 Å². The van der Waals surface area contributed by atoms with Gasteiger partial charge >= 0.3 is 0 Å². The Morgan fingerprint density at radius 3 is 2.40 bits per heavy atom. The van der Waals surface area contributed by atoms with Crippen LogP contribution in [0.25, 0.3) is 0 Å². The summed E-state index contributed by atoms with van der Waals surface area (Å²) in [5, 5.41) is 0. The molecule has 1 saturated carbocycles. The molecule has 1 heteroatoms. The second-order valence-corrected chi connectivity index (χ2v) is 3.61. The average molecular weight is 142 g/mol. The molecule has 1 aliphatic carbocycles. The zero-order valence-corrected chi connectivity index (χ0v) is 7.26. The molecule has 0 amide bonds. The first-order valence-electron chi connectivity index (χ1n) is 4.28. The maximum Gasteiger partial charge on any atom is 0.0601 e. The quantitative estimate of drug-likeness (QED) is 0.575. The van der Waals surface area contributed by atoms with E-state index in [0.29, 0.717) is 6.10 Å². The van der Waals surface area contributed by atoms with E-state index in [4.69, 9.17) is 4.74 Å². The third-order valence-electron chi connectivity index (χ3n) is 2.66. The van der Waals surface area contributed by atoms with Crippen molar-refractivity contribution in [2.75, 3.05) is 7.11 Å². The molecule has 1 fully saturated rings. The van der Waals surface area contributed by atoms with E-state index in [1.807, 2.05) is 7.11 Å². The lowest BCUT2D eigenvalue weighted by atomic mass is 9.93. The molecule has 0 aromatic heterocycles. The highest BCUT2D eigenvalue weighted by molar-refractivity contribution is 4.79. The molecule has 1 aliphatic rings. The van der Waals surface area contributed by atoms with Crippen molar-refractivity contribution in [1.29, 1.82) is 0 Å². The molecule has 0 N–H and O–H groups in total. The first-order chi connectivity index (χ1) is 4.75. The molecule has 2 atom stereocenters. The van der Waals surface area contributed by atoms with Gasteiger partial charge in [0.2, 0.25) is 0 Å². The Balaban J connectivity index is 2.42. The smallest absolute Gasteiger partial charge is 0.0601 e. The van der Waals surface area contributed by atoms with Gasteiger partial charge in [0.25, 0.3) is 0 Å². The summed E-state index contributed by atoms with van der Waals surface area (Å²) in [7, 11) is 1.84. The Labute approximate surface area is 63.8 Å². The van der Waals surface area contributed by atoms with Crippen molar-refractivity contribution in [1.82, 2.24) is 0 Å². The van der Waals surface area contributed by atoms with Gasteiger partial charge in [-0.05, 0) is 24.7 Å². The molecule has 0 heterocycles. The van der Waals surface area contributed by atoms with E-state index in [9.17, 15) is 0 Å². The maximum atomic E-state index is 5.39. The number of hydrogen-bond acceptors (Lipinski definition) is 1. The van der Waals surface area contributed by atoms with Crippen molar-refractivity contribution < 1.29 is 4.74 Å². The van der Waals surface area contributed by atoms with Gasteiger partial charge < -0.3 is 4.74 Å². The zero-order valence-electron chi connectivity index (χ0n) is 7.26.